The molecule has 0 saturated heterocycles. The highest BCUT2D eigenvalue weighted by Crippen LogP contribution is 2.22. The van der Waals surface area contributed by atoms with E-state index in [0.29, 0.717) is 16.5 Å². The van der Waals surface area contributed by atoms with Gasteiger partial charge in [-0.2, -0.15) is 10.1 Å². The van der Waals surface area contributed by atoms with Crippen molar-refractivity contribution in [1.29, 1.82) is 0 Å². The number of aromatic amines is 1. The van der Waals surface area contributed by atoms with Gasteiger partial charge in [-0.3, -0.25) is 4.79 Å². The molecule has 0 fully saturated rings. The smallest absolute Gasteiger partial charge is 0.253 e. The molecule has 2 N–H and O–H groups in total. The Balaban J connectivity index is 1.69. The Hall–Kier alpha value is -2.93. The lowest BCUT2D eigenvalue weighted by atomic mass is 10.1. The van der Waals surface area contributed by atoms with E-state index in [4.69, 9.17) is 11.6 Å². The summed E-state index contributed by atoms with van der Waals surface area (Å²) in [7, 11) is 0. The van der Waals surface area contributed by atoms with Crippen LogP contribution in [0.25, 0.3) is 21.9 Å². The second-order valence-electron chi connectivity index (χ2n) is 6.81. The summed E-state index contributed by atoms with van der Waals surface area (Å²) in [6, 6.07) is 7.12. The normalized spacial score (nSPS) is 12.8. The number of pyridine rings is 1. The monoisotopic (exact) mass is 382 g/mol. The third-order valence-electron chi connectivity index (χ3n) is 4.47. The maximum atomic E-state index is 12.5. The molecule has 0 bridgehead atoms. The first-order chi connectivity index (χ1) is 12.9. The first-order valence-electron chi connectivity index (χ1n) is 8.71. The Bertz CT molecular complexity index is 1200. The van der Waals surface area contributed by atoms with Crippen molar-refractivity contribution < 1.29 is 0 Å². The van der Waals surface area contributed by atoms with Crippen LogP contribution in [-0.4, -0.2) is 24.7 Å². The number of rotatable bonds is 4. The van der Waals surface area contributed by atoms with E-state index < -0.39 is 0 Å². The minimum Gasteiger partial charge on any atom is -0.347 e. The summed E-state index contributed by atoms with van der Waals surface area (Å²) >= 11 is 6.07. The molecule has 4 rings (SSSR count). The Morgan fingerprint density at radius 2 is 1.96 bits per heavy atom. The van der Waals surface area contributed by atoms with E-state index in [1.165, 1.54) is 0 Å². The summed E-state index contributed by atoms with van der Waals surface area (Å²) in [4.78, 5) is 24.3. The van der Waals surface area contributed by atoms with Crippen molar-refractivity contribution in [2.24, 2.45) is 0 Å². The highest BCUT2D eigenvalue weighted by atomic mass is 35.5. The molecular formula is C19H19ClN6O. The second-order valence-corrected chi connectivity index (χ2v) is 7.24. The summed E-state index contributed by atoms with van der Waals surface area (Å²) in [5.74, 6) is 0.447. The summed E-state index contributed by atoms with van der Waals surface area (Å²) in [6.45, 7) is 5.99. The molecule has 1 aromatic carbocycles. The molecule has 1 atom stereocenters. The van der Waals surface area contributed by atoms with Crippen LogP contribution in [0.2, 0.25) is 5.02 Å². The van der Waals surface area contributed by atoms with Crippen molar-refractivity contribution in [3.8, 4) is 0 Å². The molecule has 0 aliphatic heterocycles. The van der Waals surface area contributed by atoms with Gasteiger partial charge >= 0.3 is 0 Å². The van der Waals surface area contributed by atoms with Crippen LogP contribution in [0.3, 0.4) is 0 Å². The Kier molecular flexibility index (Phi) is 4.31. The van der Waals surface area contributed by atoms with Gasteiger partial charge in [0.1, 0.15) is 0 Å². The molecule has 0 amide bonds. The highest BCUT2D eigenvalue weighted by Gasteiger charge is 2.14. The zero-order chi connectivity index (χ0) is 19.1. The lowest BCUT2D eigenvalue weighted by Gasteiger charge is -2.14. The van der Waals surface area contributed by atoms with Crippen molar-refractivity contribution in [2.45, 2.75) is 32.9 Å². The van der Waals surface area contributed by atoms with E-state index >= 15 is 0 Å². The van der Waals surface area contributed by atoms with Gasteiger partial charge in [-0.1, -0.05) is 11.6 Å². The van der Waals surface area contributed by atoms with Gasteiger partial charge in [0.15, 0.2) is 5.65 Å². The maximum absolute atomic E-state index is 12.5. The summed E-state index contributed by atoms with van der Waals surface area (Å²) in [5.41, 5.74) is 1.94. The fourth-order valence-corrected chi connectivity index (χ4v) is 3.25. The fourth-order valence-electron chi connectivity index (χ4n) is 3.07. The van der Waals surface area contributed by atoms with Gasteiger partial charge in [0, 0.05) is 33.7 Å². The zero-order valence-electron chi connectivity index (χ0n) is 15.2. The Morgan fingerprint density at radius 3 is 2.74 bits per heavy atom. The first kappa shape index (κ1) is 17.5. The molecule has 0 radical (unpaired) electrons. The van der Waals surface area contributed by atoms with Crippen LogP contribution < -0.4 is 10.9 Å². The number of fused-ring (bicyclic) bond motifs is 2. The van der Waals surface area contributed by atoms with Gasteiger partial charge in [0.2, 0.25) is 5.95 Å². The molecule has 0 unspecified atom stereocenters. The van der Waals surface area contributed by atoms with Crippen LogP contribution in [-0.2, 0) is 0 Å². The predicted molar refractivity (Wildman–Crippen MR) is 107 cm³/mol. The number of aromatic nitrogens is 5. The average Bonchev–Trinajstić information content (AvgIpc) is 3.05. The number of anilines is 1. The van der Waals surface area contributed by atoms with Crippen LogP contribution in [0.1, 0.15) is 38.4 Å². The third kappa shape index (κ3) is 3.26. The van der Waals surface area contributed by atoms with E-state index in [-0.39, 0.29) is 17.6 Å². The van der Waals surface area contributed by atoms with Crippen LogP contribution >= 0.6 is 11.6 Å². The van der Waals surface area contributed by atoms with E-state index in [1.54, 1.807) is 24.5 Å². The third-order valence-corrected chi connectivity index (χ3v) is 4.71. The molecule has 8 heteroatoms. The molecule has 0 aliphatic rings. The molecule has 0 spiro atoms. The summed E-state index contributed by atoms with van der Waals surface area (Å²) in [5, 5.41) is 9.93. The van der Waals surface area contributed by atoms with Crippen LogP contribution in [0.15, 0.2) is 41.5 Å². The molecule has 0 saturated carbocycles. The number of nitrogens with one attached hydrogen (secondary N) is 2. The van der Waals surface area contributed by atoms with Gasteiger partial charge in [-0.05, 0) is 45.0 Å². The SMILES string of the molecule is CC(C)n1ncc2cnc(N[C@@H](C)c3cc4cc(Cl)ccc4[nH]c3=O)nc21. The van der Waals surface area contributed by atoms with E-state index in [0.717, 1.165) is 21.9 Å². The van der Waals surface area contributed by atoms with Crippen molar-refractivity contribution >= 4 is 39.5 Å². The van der Waals surface area contributed by atoms with Gasteiger partial charge in [-0.15, -0.1) is 0 Å². The van der Waals surface area contributed by atoms with Crippen molar-refractivity contribution in [3.05, 3.63) is 57.6 Å². The standard InChI is InChI=1S/C19H19ClN6O/c1-10(2)26-17-13(9-22-26)8-21-19(25-17)23-11(3)15-7-12-6-14(20)4-5-16(12)24-18(15)27/h4-11H,1-3H3,(H,24,27)(H,21,23,25)/t11-/m0/s1. The average molecular weight is 383 g/mol. The van der Waals surface area contributed by atoms with E-state index in [9.17, 15) is 4.79 Å². The van der Waals surface area contributed by atoms with Gasteiger partial charge < -0.3 is 10.3 Å². The van der Waals surface area contributed by atoms with Crippen molar-refractivity contribution in [2.75, 3.05) is 5.32 Å². The number of nitrogens with zero attached hydrogens (tertiary/aromatic N) is 4. The van der Waals surface area contributed by atoms with Crippen LogP contribution in [0, 0.1) is 0 Å². The molecule has 3 heterocycles. The quantitative estimate of drug-likeness (QED) is 0.555. The van der Waals surface area contributed by atoms with Crippen LogP contribution in [0.5, 0.6) is 0 Å². The number of benzene rings is 1. The highest BCUT2D eigenvalue weighted by molar-refractivity contribution is 6.31. The first-order valence-corrected chi connectivity index (χ1v) is 9.09. The minimum atomic E-state index is -0.287. The number of H-pyrrole nitrogens is 1. The minimum absolute atomic E-state index is 0.155. The summed E-state index contributed by atoms with van der Waals surface area (Å²) in [6.07, 6.45) is 3.48. The number of halogens is 1. The zero-order valence-corrected chi connectivity index (χ0v) is 15.9. The lowest BCUT2D eigenvalue weighted by molar-refractivity contribution is 0.546. The van der Waals surface area contributed by atoms with E-state index in [2.05, 4.69) is 25.4 Å². The predicted octanol–water partition coefficient (Wildman–Crippen LogP) is 4.08. The van der Waals surface area contributed by atoms with Gasteiger partial charge in [-0.25, -0.2) is 9.67 Å². The van der Waals surface area contributed by atoms with E-state index in [1.807, 2.05) is 37.6 Å². The van der Waals surface area contributed by atoms with Crippen molar-refractivity contribution in [3.63, 3.8) is 0 Å². The molecule has 3 aromatic heterocycles. The Morgan fingerprint density at radius 1 is 1.15 bits per heavy atom. The lowest BCUT2D eigenvalue weighted by Crippen LogP contribution is -2.20. The number of hydrogen-bond donors (Lipinski definition) is 2. The topological polar surface area (TPSA) is 88.5 Å². The Labute approximate surface area is 160 Å². The molecule has 27 heavy (non-hydrogen) atoms. The fraction of sp³-hybridized carbons (Fsp3) is 0.263. The molecule has 138 valence electrons. The van der Waals surface area contributed by atoms with Crippen molar-refractivity contribution in [1.82, 2.24) is 24.7 Å². The molecular weight excluding hydrogens is 364 g/mol. The summed E-state index contributed by atoms with van der Waals surface area (Å²) < 4.78 is 1.84. The molecule has 0 aliphatic carbocycles. The molecule has 4 aromatic rings. The van der Waals surface area contributed by atoms with Gasteiger partial charge in [0.25, 0.3) is 5.56 Å². The largest absolute Gasteiger partial charge is 0.347 e. The van der Waals surface area contributed by atoms with Crippen LogP contribution in [0.4, 0.5) is 5.95 Å². The second kappa shape index (κ2) is 6.66. The number of hydrogen-bond acceptors (Lipinski definition) is 5. The molecule has 7 nitrogen and oxygen atoms in total. The maximum Gasteiger partial charge on any atom is 0.253 e. The van der Waals surface area contributed by atoms with Gasteiger partial charge in [0.05, 0.1) is 17.6 Å².